The van der Waals surface area contributed by atoms with Crippen LogP contribution in [0.5, 0.6) is 0 Å². The minimum absolute atomic E-state index is 0.143. The van der Waals surface area contributed by atoms with Crippen molar-refractivity contribution in [2.24, 2.45) is 23.7 Å². The topological polar surface area (TPSA) is 23.8 Å². The van der Waals surface area contributed by atoms with Crippen LogP contribution in [0.2, 0.25) is 0 Å². The van der Waals surface area contributed by atoms with Crippen molar-refractivity contribution in [2.75, 3.05) is 0 Å². The van der Waals surface area contributed by atoms with Crippen molar-refractivity contribution in [2.45, 2.75) is 71.1 Å². The maximum Gasteiger partial charge on any atom is 0.144 e. The summed E-state index contributed by atoms with van der Waals surface area (Å²) in [6.07, 6.45) is 10.4. The lowest BCUT2D eigenvalue weighted by Gasteiger charge is -2.39. The molecule has 0 aromatic heterocycles. The fourth-order valence-corrected chi connectivity index (χ4v) is 5.11. The van der Waals surface area contributed by atoms with E-state index in [1.165, 1.54) is 50.7 Å². The number of nitriles is 1. The average Bonchev–Trinajstić information content (AvgIpc) is 2.61. The lowest BCUT2D eigenvalue weighted by molar-refractivity contribution is 0.143. The second-order valence-corrected chi connectivity index (χ2v) is 8.45. The third kappa shape index (κ3) is 4.05. The summed E-state index contributed by atoms with van der Waals surface area (Å²) in [7, 11) is 0. The zero-order valence-corrected chi connectivity index (χ0v) is 15.4. The quantitative estimate of drug-likeness (QED) is 0.607. The van der Waals surface area contributed by atoms with Crippen molar-refractivity contribution in [3.63, 3.8) is 0 Å². The Balaban J connectivity index is 1.60. The standard InChI is InChI=1S/C22H29F2N/c1-14-3-5-17(6-4-14)18-9-7-16(8-10-18)15(2)19-11-21(23)20(13-25)22(24)12-19/h11-12,14-18H,3-10H2,1-2H3/t14-,15?,16?,17-,18?. The minimum atomic E-state index is -0.727. The average molecular weight is 345 g/mol. The maximum absolute atomic E-state index is 13.9. The molecule has 0 amide bonds. The van der Waals surface area contributed by atoms with Gasteiger partial charge in [0.05, 0.1) is 0 Å². The minimum Gasteiger partial charge on any atom is -0.205 e. The van der Waals surface area contributed by atoms with Gasteiger partial charge in [-0.15, -0.1) is 0 Å². The first-order chi connectivity index (χ1) is 12.0. The molecule has 0 N–H and O–H groups in total. The Morgan fingerprint density at radius 2 is 1.40 bits per heavy atom. The van der Waals surface area contributed by atoms with Crippen LogP contribution >= 0.6 is 0 Å². The number of halogens is 2. The van der Waals surface area contributed by atoms with E-state index >= 15 is 0 Å². The molecule has 2 aliphatic carbocycles. The van der Waals surface area contributed by atoms with Gasteiger partial charge < -0.3 is 0 Å². The predicted molar refractivity (Wildman–Crippen MR) is 96.1 cm³/mol. The molecule has 0 spiro atoms. The second kappa shape index (κ2) is 7.85. The summed E-state index contributed by atoms with van der Waals surface area (Å²) in [5, 5.41) is 8.82. The molecule has 0 saturated heterocycles. The molecule has 2 aliphatic rings. The number of rotatable bonds is 3. The summed E-state index contributed by atoms with van der Waals surface area (Å²) < 4.78 is 27.8. The fraction of sp³-hybridized carbons (Fsp3) is 0.682. The molecular formula is C22H29F2N. The molecule has 0 bridgehead atoms. The molecule has 3 rings (SSSR count). The van der Waals surface area contributed by atoms with Crippen molar-refractivity contribution >= 4 is 0 Å². The lowest BCUT2D eigenvalue weighted by Crippen LogP contribution is -2.26. The zero-order chi connectivity index (χ0) is 18.0. The van der Waals surface area contributed by atoms with E-state index in [9.17, 15) is 8.78 Å². The normalized spacial score (nSPS) is 31.3. The maximum atomic E-state index is 13.9. The van der Waals surface area contributed by atoms with Crippen LogP contribution in [0.15, 0.2) is 12.1 Å². The molecule has 3 heteroatoms. The van der Waals surface area contributed by atoms with Gasteiger partial charge in [0.2, 0.25) is 0 Å². The first-order valence-corrected chi connectivity index (χ1v) is 9.88. The number of hydrogen-bond donors (Lipinski definition) is 0. The van der Waals surface area contributed by atoms with Gasteiger partial charge in [0.15, 0.2) is 0 Å². The van der Waals surface area contributed by atoms with E-state index in [1.807, 2.05) is 0 Å². The van der Waals surface area contributed by atoms with E-state index in [4.69, 9.17) is 5.26 Å². The van der Waals surface area contributed by atoms with Crippen LogP contribution in [0.4, 0.5) is 8.78 Å². The summed E-state index contributed by atoms with van der Waals surface area (Å²) in [5.74, 6) is 1.83. The van der Waals surface area contributed by atoms with Crippen LogP contribution in [0, 0.1) is 46.6 Å². The van der Waals surface area contributed by atoms with Gasteiger partial charge in [0.1, 0.15) is 23.3 Å². The van der Waals surface area contributed by atoms with Crippen LogP contribution in [0.25, 0.3) is 0 Å². The Morgan fingerprint density at radius 3 is 1.88 bits per heavy atom. The van der Waals surface area contributed by atoms with Crippen molar-refractivity contribution in [3.8, 4) is 6.07 Å². The van der Waals surface area contributed by atoms with Crippen LogP contribution in [0.1, 0.15) is 82.3 Å². The summed E-state index contributed by atoms with van der Waals surface area (Å²) in [6.45, 7) is 4.44. The van der Waals surface area contributed by atoms with Gasteiger partial charge in [0.25, 0.3) is 0 Å². The molecular weight excluding hydrogens is 316 g/mol. The van der Waals surface area contributed by atoms with Gasteiger partial charge in [-0.2, -0.15) is 5.26 Å². The Hall–Kier alpha value is -1.43. The smallest absolute Gasteiger partial charge is 0.144 e. The van der Waals surface area contributed by atoms with Crippen LogP contribution in [-0.2, 0) is 0 Å². The van der Waals surface area contributed by atoms with E-state index in [2.05, 4.69) is 13.8 Å². The zero-order valence-electron chi connectivity index (χ0n) is 15.4. The summed E-state index contributed by atoms with van der Waals surface area (Å²) in [5.41, 5.74) is 0.232. The van der Waals surface area contributed by atoms with Crippen molar-refractivity contribution in [1.29, 1.82) is 5.26 Å². The van der Waals surface area contributed by atoms with Crippen LogP contribution < -0.4 is 0 Å². The molecule has 0 radical (unpaired) electrons. The predicted octanol–water partition coefficient (Wildman–Crippen LogP) is 6.57. The molecule has 0 aliphatic heterocycles. The molecule has 2 fully saturated rings. The molecule has 0 heterocycles. The molecule has 1 aromatic rings. The van der Waals surface area contributed by atoms with Gasteiger partial charge in [-0.1, -0.05) is 26.7 Å². The van der Waals surface area contributed by atoms with E-state index in [0.29, 0.717) is 11.5 Å². The number of benzene rings is 1. The van der Waals surface area contributed by atoms with E-state index in [1.54, 1.807) is 6.07 Å². The molecule has 2 saturated carbocycles. The molecule has 1 unspecified atom stereocenters. The summed E-state index contributed by atoms with van der Waals surface area (Å²) in [4.78, 5) is 0. The van der Waals surface area contributed by atoms with Gasteiger partial charge in [-0.25, -0.2) is 8.78 Å². The number of hydrogen-bond acceptors (Lipinski definition) is 1. The first kappa shape index (κ1) is 18.4. The third-order valence-electron chi connectivity index (χ3n) is 6.95. The van der Waals surface area contributed by atoms with Gasteiger partial charge in [-0.05, 0) is 85.8 Å². The van der Waals surface area contributed by atoms with E-state index in [-0.39, 0.29) is 5.92 Å². The Bertz CT molecular complexity index is 609. The molecule has 1 aromatic carbocycles. The van der Waals surface area contributed by atoms with Crippen LogP contribution in [-0.4, -0.2) is 0 Å². The van der Waals surface area contributed by atoms with E-state index < -0.39 is 17.2 Å². The summed E-state index contributed by atoms with van der Waals surface area (Å²) >= 11 is 0. The molecule has 1 atom stereocenters. The largest absolute Gasteiger partial charge is 0.205 e. The second-order valence-electron chi connectivity index (χ2n) is 8.45. The van der Waals surface area contributed by atoms with Crippen molar-refractivity contribution in [3.05, 3.63) is 34.9 Å². The Kier molecular flexibility index (Phi) is 5.77. The highest BCUT2D eigenvalue weighted by Gasteiger charge is 2.32. The van der Waals surface area contributed by atoms with Crippen molar-refractivity contribution in [1.82, 2.24) is 0 Å². The van der Waals surface area contributed by atoms with Crippen molar-refractivity contribution < 1.29 is 8.78 Å². The molecule has 136 valence electrons. The Morgan fingerprint density at radius 1 is 0.920 bits per heavy atom. The third-order valence-corrected chi connectivity index (χ3v) is 6.95. The highest BCUT2D eigenvalue weighted by molar-refractivity contribution is 5.36. The monoisotopic (exact) mass is 345 g/mol. The van der Waals surface area contributed by atoms with Gasteiger partial charge in [-0.3, -0.25) is 0 Å². The van der Waals surface area contributed by atoms with Gasteiger partial charge >= 0.3 is 0 Å². The first-order valence-electron chi connectivity index (χ1n) is 9.88. The lowest BCUT2D eigenvalue weighted by atomic mass is 9.67. The van der Waals surface area contributed by atoms with Crippen LogP contribution in [0.3, 0.4) is 0 Å². The Labute approximate surface area is 150 Å². The highest BCUT2D eigenvalue weighted by Crippen LogP contribution is 2.44. The van der Waals surface area contributed by atoms with E-state index in [0.717, 1.165) is 30.6 Å². The molecule has 25 heavy (non-hydrogen) atoms. The number of nitrogens with zero attached hydrogens (tertiary/aromatic N) is 1. The van der Waals surface area contributed by atoms with Gasteiger partial charge in [0, 0.05) is 0 Å². The summed E-state index contributed by atoms with van der Waals surface area (Å²) in [6, 6.07) is 4.33. The highest BCUT2D eigenvalue weighted by atomic mass is 19.1. The SMILES string of the molecule is CC(c1cc(F)c(C#N)c(F)c1)C1CCC([C@H]2CC[C@H](C)CC2)CC1. The molecule has 1 nitrogen and oxygen atoms in total. The fourth-order valence-electron chi connectivity index (χ4n) is 5.11.